The monoisotopic (exact) mass is 583 g/mol. The first kappa shape index (κ1) is 29.4. The standard InChI is InChI=1S/C34H37N5O2.ClH/c1-34(2,35)33(41)37-30(20-24-21-36-29-14-8-6-12-26(24)29)32(40)38-18-16-23(17-19-38)28-22-39(25-10-4-3-5-11-25)31-15-9-7-13-27(28)31;/h3-15,21-23,30,36H,16-20,35H2,1-2H3,(H,37,41);1H. The summed E-state index contributed by atoms with van der Waals surface area (Å²) in [5.74, 6) is -0.0455. The van der Waals surface area contributed by atoms with E-state index in [-0.39, 0.29) is 24.2 Å². The fraction of sp³-hybridized carbons (Fsp3) is 0.294. The minimum absolute atomic E-state index is 0. The number of aromatic amines is 1. The lowest BCUT2D eigenvalue weighted by Gasteiger charge is -2.35. The molecule has 2 aromatic heterocycles. The third kappa shape index (κ3) is 5.80. The van der Waals surface area contributed by atoms with Crippen LogP contribution in [0.5, 0.6) is 0 Å². The molecular weight excluding hydrogens is 546 g/mol. The highest BCUT2D eigenvalue weighted by Crippen LogP contribution is 2.36. The number of benzene rings is 3. The van der Waals surface area contributed by atoms with Crippen molar-refractivity contribution >= 4 is 46.0 Å². The molecule has 1 atom stereocenters. The maximum Gasteiger partial charge on any atom is 0.245 e. The molecule has 1 aliphatic heterocycles. The predicted molar refractivity (Wildman–Crippen MR) is 171 cm³/mol. The Morgan fingerprint density at radius 2 is 1.60 bits per heavy atom. The summed E-state index contributed by atoms with van der Waals surface area (Å²) in [7, 11) is 0. The van der Waals surface area contributed by atoms with Gasteiger partial charge in [0, 0.05) is 53.9 Å². The molecular formula is C34H38ClN5O2. The average Bonchev–Trinajstić information content (AvgIpc) is 3.58. The third-order valence-corrected chi connectivity index (χ3v) is 8.31. The molecule has 218 valence electrons. The fourth-order valence-electron chi connectivity index (χ4n) is 6.03. The molecule has 0 spiro atoms. The molecule has 0 bridgehead atoms. The Morgan fingerprint density at radius 1 is 0.952 bits per heavy atom. The van der Waals surface area contributed by atoms with Crippen LogP contribution in [0.15, 0.2) is 91.3 Å². The molecule has 1 aliphatic rings. The Morgan fingerprint density at radius 3 is 2.31 bits per heavy atom. The first-order chi connectivity index (χ1) is 19.8. The number of piperidine rings is 1. The van der Waals surface area contributed by atoms with Crippen molar-refractivity contribution in [1.82, 2.24) is 19.8 Å². The van der Waals surface area contributed by atoms with Crippen molar-refractivity contribution in [3.63, 3.8) is 0 Å². The van der Waals surface area contributed by atoms with Gasteiger partial charge < -0.3 is 25.5 Å². The van der Waals surface area contributed by atoms with Gasteiger partial charge in [0.1, 0.15) is 6.04 Å². The predicted octanol–water partition coefficient (Wildman–Crippen LogP) is 5.70. The quantitative estimate of drug-likeness (QED) is 0.229. The van der Waals surface area contributed by atoms with Gasteiger partial charge in [0.25, 0.3) is 0 Å². The van der Waals surface area contributed by atoms with E-state index in [9.17, 15) is 9.59 Å². The number of H-pyrrole nitrogens is 1. The van der Waals surface area contributed by atoms with E-state index in [2.05, 4.69) is 69.6 Å². The summed E-state index contributed by atoms with van der Waals surface area (Å²) in [5.41, 5.74) is 10.7. The number of nitrogens with two attached hydrogens (primary N) is 1. The van der Waals surface area contributed by atoms with Crippen LogP contribution in [0.1, 0.15) is 43.7 Å². The van der Waals surface area contributed by atoms with Crippen LogP contribution in [0, 0.1) is 0 Å². The van der Waals surface area contributed by atoms with Crippen LogP contribution in [0.3, 0.4) is 0 Å². The lowest BCUT2D eigenvalue weighted by Crippen LogP contribution is -2.57. The van der Waals surface area contributed by atoms with Crippen molar-refractivity contribution in [2.45, 2.75) is 50.6 Å². The van der Waals surface area contributed by atoms with Gasteiger partial charge in [0.05, 0.1) is 11.1 Å². The fourth-order valence-corrected chi connectivity index (χ4v) is 6.03. The highest BCUT2D eigenvalue weighted by molar-refractivity contribution is 5.93. The van der Waals surface area contributed by atoms with E-state index < -0.39 is 11.6 Å². The number of fused-ring (bicyclic) bond motifs is 2. The molecule has 1 fully saturated rings. The van der Waals surface area contributed by atoms with Crippen molar-refractivity contribution in [2.24, 2.45) is 5.73 Å². The van der Waals surface area contributed by atoms with E-state index in [0.717, 1.165) is 35.0 Å². The molecule has 8 heteroatoms. The number of nitrogens with one attached hydrogen (secondary N) is 2. The van der Waals surface area contributed by atoms with Crippen LogP contribution in [-0.2, 0) is 16.0 Å². The first-order valence-electron chi connectivity index (χ1n) is 14.4. The molecule has 2 amide bonds. The number of carbonyl (C=O) groups excluding carboxylic acids is 2. The normalized spacial score (nSPS) is 15.0. The third-order valence-electron chi connectivity index (χ3n) is 8.31. The lowest BCUT2D eigenvalue weighted by atomic mass is 9.88. The number of para-hydroxylation sites is 3. The van der Waals surface area contributed by atoms with Gasteiger partial charge in [-0.15, -0.1) is 12.4 Å². The Labute approximate surface area is 252 Å². The van der Waals surface area contributed by atoms with Crippen LogP contribution in [0.25, 0.3) is 27.5 Å². The van der Waals surface area contributed by atoms with E-state index in [1.807, 2.05) is 41.4 Å². The van der Waals surface area contributed by atoms with Gasteiger partial charge in [-0.3, -0.25) is 9.59 Å². The van der Waals surface area contributed by atoms with Crippen molar-refractivity contribution in [3.8, 4) is 5.69 Å². The minimum Gasteiger partial charge on any atom is -0.361 e. The second-order valence-corrected chi connectivity index (χ2v) is 11.7. The number of hydrogen-bond donors (Lipinski definition) is 3. The number of carbonyl (C=O) groups is 2. The summed E-state index contributed by atoms with van der Waals surface area (Å²) in [6, 6.07) is 26.3. The van der Waals surface area contributed by atoms with Crippen molar-refractivity contribution in [2.75, 3.05) is 13.1 Å². The number of halogens is 1. The van der Waals surface area contributed by atoms with Gasteiger partial charge in [-0.1, -0.05) is 54.6 Å². The number of rotatable bonds is 7. The van der Waals surface area contributed by atoms with Crippen LogP contribution < -0.4 is 11.1 Å². The number of amides is 2. The van der Waals surface area contributed by atoms with Gasteiger partial charge in [0.15, 0.2) is 0 Å². The van der Waals surface area contributed by atoms with E-state index in [1.165, 1.54) is 16.5 Å². The van der Waals surface area contributed by atoms with Gasteiger partial charge in [-0.2, -0.15) is 0 Å². The highest BCUT2D eigenvalue weighted by Gasteiger charge is 2.33. The summed E-state index contributed by atoms with van der Waals surface area (Å²) < 4.78 is 2.27. The summed E-state index contributed by atoms with van der Waals surface area (Å²) in [5, 5.41) is 5.29. The molecule has 6 rings (SSSR count). The average molecular weight is 584 g/mol. The molecule has 1 saturated heterocycles. The molecule has 0 radical (unpaired) electrons. The van der Waals surface area contributed by atoms with Crippen LogP contribution in [0.4, 0.5) is 0 Å². The SMILES string of the molecule is CC(C)(N)C(=O)NC(Cc1c[nH]c2ccccc12)C(=O)N1CCC(c2cn(-c3ccccc3)c3ccccc23)CC1.Cl. The molecule has 5 aromatic rings. The first-order valence-corrected chi connectivity index (χ1v) is 14.4. The summed E-state index contributed by atoms with van der Waals surface area (Å²) in [4.78, 5) is 32.0. The van der Waals surface area contributed by atoms with E-state index in [4.69, 9.17) is 5.73 Å². The van der Waals surface area contributed by atoms with Gasteiger partial charge in [-0.05, 0) is 68.0 Å². The molecule has 1 unspecified atom stereocenters. The molecule has 0 aliphatic carbocycles. The smallest absolute Gasteiger partial charge is 0.245 e. The second kappa shape index (κ2) is 12.0. The lowest BCUT2D eigenvalue weighted by molar-refractivity contribution is -0.138. The van der Waals surface area contributed by atoms with Crippen molar-refractivity contribution in [1.29, 1.82) is 0 Å². The Hall–Kier alpha value is -4.07. The minimum atomic E-state index is -1.08. The van der Waals surface area contributed by atoms with Gasteiger partial charge in [0.2, 0.25) is 11.8 Å². The molecule has 3 heterocycles. The zero-order chi connectivity index (χ0) is 28.6. The Bertz CT molecular complexity index is 1690. The van der Waals surface area contributed by atoms with Gasteiger partial charge >= 0.3 is 0 Å². The largest absolute Gasteiger partial charge is 0.361 e. The Balaban J connectivity index is 0.00000353. The number of nitrogens with zero attached hydrogens (tertiary/aromatic N) is 2. The Kier molecular flexibility index (Phi) is 8.43. The van der Waals surface area contributed by atoms with E-state index >= 15 is 0 Å². The molecule has 3 aromatic carbocycles. The summed E-state index contributed by atoms with van der Waals surface area (Å²) >= 11 is 0. The number of likely N-dealkylation sites (tertiary alicyclic amines) is 1. The van der Waals surface area contributed by atoms with Crippen molar-refractivity contribution < 1.29 is 9.59 Å². The highest BCUT2D eigenvalue weighted by atomic mass is 35.5. The van der Waals surface area contributed by atoms with E-state index in [1.54, 1.807) is 13.8 Å². The van der Waals surface area contributed by atoms with Gasteiger partial charge in [-0.25, -0.2) is 0 Å². The number of hydrogen-bond acceptors (Lipinski definition) is 3. The molecule has 42 heavy (non-hydrogen) atoms. The van der Waals surface area contributed by atoms with Crippen LogP contribution >= 0.6 is 12.4 Å². The molecule has 0 saturated carbocycles. The zero-order valence-corrected chi connectivity index (χ0v) is 24.9. The van der Waals surface area contributed by atoms with Crippen LogP contribution in [-0.4, -0.2) is 50.9 Å². The molecule has 7 nitrogen and oxygen atoms in total. The number of aromatic nitrogens is 2. The maximum atomic E-state index is 13.9. The van der Waals surface area contributed by atoms with Crippen molar-refractivity contribution in [3.05, 3.63) is 102 Å². The maximum absolute atomic E-state index is 13.9. The topological polar surface area (TPSA) is 96.1 Å². The van der Waals surface area contributed by atoms with E-state index in [0.29, 0.717) is 25.4 Å². The van der Waals surface area contributed by atoms with Crippen LogP contribution in [0.2, 0.25) is 0 Å². The summed E-state index contributed by atoms with van der Waals surface area (Å²) in [6.07, 6.45) is 6.33. The zero-order valence-electron chi connectivity index (χ0n) is 24.0. The second-order valence-electron chi connectivity index (χ2n) is 11.7. The summed E-state index contributed by atoms with van der Waals surface area (Å²) in [6.45, 7) is 4.60. The molecule has 4 N–H and O–H groups in total.